The number of benzene rings is 2. The van der Waals surface area contributed by atoms with E-state index in [1.807, 2.05) is 23.1 Å². The lowest BCUT2D eigenvalue weighted by Gasteiger charge is -2.31. The van der Waals surface area contributed by atoms with Crippen LogP contribution in [-0.2, 0) is 0 Å². The lowest BCUT2D eigenvalue weighted by atomic mass is 9.94. The van der Waals surface area contributed by atoms with Gasteiger partial charge in [-0.25, -0.2) is 4.98 Å². The number of piperidine rings is 1. The second-order valence-electron chi connectivity index (χ2n) is 8.62. The number of rotatable bonds is 3. The van der Waals surface area contributed by atoms with Crippen LogP contribution < -0.4 is 10.6 Å². The van der Waals surface area contributed by atoms with Gasteiger partial charge in [0.25, 0.3) is 5.69 Å². The van der Waals surface area contributed by atoms with Crippen LogP contribution in [0.15, 0.2) is 42.5 Å². The maximum absolute atomic E-state index is 12.0. The van der Waals surface area contributed by atoms with Gasteiger partial charge < -0.3 is 10.6 Å². The average Bonchev–Trinajstić information content (AvgIpc) is 3.24. The zero-order valence-corrected chi connectivity index (χ0v) is 18.5. The molecular formula is C25H21N7O2. The fourth-order valence-electron chi connectivity index (χ4n) is 4.76. The van der Waals surface area contributed by atoms with Crippen molar-refractivity contribution in [2.24, 2.45) is 5.92 Å². The molecule has 0 unspecified atom stereocenters. The second kappa shape index (κ2) is 8.05. The molecule has 5 rings (SSSR count). The lowest BCUT2D eigenvalue weighted by Crippen LogP contribution is -2.33. The van der Waals surface area contributed by atoms with E-state index in [0.717, 1.165) is 25.9 Å². The molecule has 1 aliphatic heterocycles. The van der Waals surface area contributed by atoms with Crippen molar-refractivity contribution in [1.29, 1.82) is 10.5 Å². The number of aromatic nitrogens is 2. The van der Waals surface area contributed by atoms with E-state index in [1.165, 1.54) is 6.07 Å². The number of nitrogen functional groups attached to an aromatic ring is 1. The van der Waals surface area contributed by atoms with Gasteiger partial charge in [-0.3, -0.25) is 14.5 Å². The molecule has 0 radical (unpaired) electrons. The Balaban J connectivity index is 1.77. The van der Waals surface area contributed by atoms with Crippen molar-refractivity contribution in [2.75, 3.05) is 23.7 Å². The van der Waals surface area contributed by atoms with E-state index in [1.54, 1.807) is 22.6 Å². The molecule has 9 nitrogen and oxygen atoms in total. The molecule has 2 aromatic carbocycles. The Kier molecular flexibility index (Phi) is 5.03. The topological polar surface area (TPSA) is 137 Å². The van der Waals surface area contributed by atoms with Crippen LogP contribution in [0.3, 0.4) is 0 Å². The third kappa shape index (κ3) is 3.18. The van der Waals surface area contributed by atoms with E-state index in [4.69, 9.17) is 5.73 Å². The molecule has 4 aromatic rings. The minimum Gasteiger partial charge on any atom is -0.384 e. The van der Waals surface area contributed by atoms with E-state index in [-0.39, 0.29) is 28.2 Å². The van der Waals surface area contributed by atoms with Crippen LogP contribution in [0.1, 0.15) is 30.9 Å². The van der Waals surface area contributed by atoms with Gasteiger partial charge in [0.15, 0.2) is 5.65 Å². The van der Waals surface area contributed by atoms with Gasteiger partial charge in [0.1, 0.15) is 34.8 Å². The minimum atomic E-state index is -0.416. The summed E-state index contributed by atoms with van der Waals surface area (Å²) in [5.41, 5.74) is 9.38. The quantitative estimate of drug-likeness (QED) is 0.354. The van der Waals surface area contributed by atoms with Gasteiger partial charge in [-0.1, -0.05) is 25.1 Å². The first kappa shape index (κ1) is 21.2. The Morgan fingerprint density at radius 2 is 1.82 bits per heavy atom. The zero-order valence-electron chi connectivity index (χ0n) is 18.5. The molecule has 0 amide bonds. The van der Waals surface area contributed by atoms with Crippen molar-refractivity contribution in [3.63, 3.8) is 0 Å². The van der Waals surface area contributed by atoms with Crippen LogP contribution >= 0.6 is 0 Å². The number of nitrogens with two attached hydrogens (primary N) is 1. The normalized spacial score (nSPS) is 14.3. The summed E-state index contributed by atoms with van der Waals surface area (Å²) in [6.45, 7) is 3.67. The van der Waals surface area contributed by atoms with Crippen molar-refractivity contribution >= 4 is 33.9 Å². The Bertz CT molecular complexity index is 1550. The number of pyridine rings is 1. The summed E-state index contributed by atoms with van der Waals surface area (Å²) >= 11 is 0. The Morgan fingerprint density at radius 3 is 2.50 bits per heavy atom. The van der Waals surface area contributed by atoms with E-state index in [0.29, 0.717) is 33.8 Å². The van der Waals surface area contributed by atoms with Crippen LogP contribution in [0.25, 0.3) is 27.8 Å². The highest BCUT2D eigenvalue weighted by Crippen LogP contribution is 2.40. The standard InChI is InChI=1S/C25H21N7O2/c1-15-8-10-30(11-9-15)21-7-6-16(12-22(21)32(33)34)23-17(13-26)24(28)31-20-5-3-2-4-19(20)29-25(31)18(23)14-27/h2-7,12,15H,8-11,28H2,1H3. The summed E-state index contributed by atoms with van der Waals surface area (Å²) in [5.74, 6) is 0.725. The van der Waals surface area contributed by atoms with Crippen LogP contribution in [0.5, 0.6) is 0 Å². The molecule has 9 heteroatoms. The predicted octanol–water partition coefficient (Wildman–Crippen LogP) is 4.62. The van der Waals surface area contributed by atoms with Crippen LogP contribution in [0.4, 0.5) is 17.2 Å². The Hall–Kier alpha value is -4.63. The van der Waals surface area contributed by atoms with Gasteiger partial charge in [-0.2, -0.15) is 10.5 Å². The summed E-state index contributed by atoms with van der Waals surface area (Å²) in [7, 11) is 0. The molecular weight excluding hydrogens is 430 g/mol. The van der Waals surface area contributed by atoms with Gasteiger partial charge in [0, 0.05) is 24.7 Å². The van der Waals surface area contributed by atoms with Gasteiger partial charge in [0.05, 0.1) is 16.0 Å². The fourth-order valence-corrected chi connectivity index (χ4v) is 4.76. The maximum Gasteiger partial charge on any atom is 0.293 e. The van der Waals surface area contributed by atoms with Crippen molar-refractivity contribution in [3.05, 3.63) is 63.7 Å². The van der Waals surface area contributed by atoms with Crippen molar-refractivity contribution in [3.8, 4) is 23.3 Å². The molecule has 1 fully saturated rings. The highest BCUT2D eigenvalue weighted by Gasteiger charge is 2.27. The molecule has 2 aromatic heterocycles. The first-order valence-corrected chi connectivity index (χ1v) is 11.0. The molecule has 1 aliphatic rings. The number of nitro groups is 1. The highest BCUT2D eigenvalue weighted by atomic mass is 16.6. The first-order chi connectivity index (χ1) is 16.4. The van der Waals surface area contributed by atoms with E-state index < -0.39 is 4.92 Å². The second-order valence-corrected chi connectivity index (χ2v) is 8.62. The van der Waals surface area contributed by atoms with E-state index in [9.17, 15) is 20.6 Å². The number of nitriles is 2. The first-order valence-electron chi connectivity index (χ1n) is 11.0. The number of hydrogen-bond donors (Lipinski definition) is 1. The largest absolute Gasteiger partial charge is 0.384 e. The lowest BCUT2D eigenvalue weighted by molar-refractivity contribution is -0.384. The summed E-state index contributed by atoms with van der Waals surface area (Å²) in [6.07, 6.45) is 1.94. The fraction of sp³-hybridized carbons (Fsp3) is 0.240. The molecule has 168 valence electrons. The number of fused-ring (bicyclic) bond motifs is 3. The molecule has 0 aliphatic carbocycles. The van der Waals surface area contributed by atoms with Crippen LogP contribution in [0.2, 0.25) is 0 Å². The monoisotopic (exact) mass is 451 g/mol. The molecule has 3 heterocycles. The smallest absolute Gasteiger partial charge is 0.293 e. The summed E-state index contributed by atoms with van der Waals surface area (Å²) in [4.78, 5) is 18.2. The van der Waals surface area contributed by atoms with E-state index >= 15 is 0 Å². The number of hydrogen-bond acceptors (Lipinski definition) is 7. The third-order valence-electron chi connectivity index (χ3n) is 6.59. The molecule has 0 saturated carbocycles. The molecule has 34 heavy (non-hydrogen) atoms. The number of nitro benzene ring substituents is 1. The van der Waals surface area contributed by atoms with Gasteiger partial charge >= 0.3 is 0 Å². The molecule has 1 saturated heterocycles. The number of imidazole rings is 1. The maximum atomic E-state index is 12.0. The van der Waals surface area contributed by atoms with Gasteiger partial charge in [-0.05, 0) is 42.5 Å². The van der Waals surface area contributed by atoms with Crippen LogP contribution in [-0.4, -0.2) is 27.4 Å². The molecule has 2 N–H and O–H groups in total. The van der Waals surface area contributed by atoms with Gasteiger partial charge in [0.2, 0.25) is 0 Å². The minimum absolute atomic E-state index is 0.0632. The predicted molar refractivity (Wildman–Crippen MR) is 129 cm³/mol. The van der Waals surface area contributed by atoms with Crippen molar-refractivity contribution < 1.29 is 4.92 Å². The molecule has 0 bridgehead atoms. The summed E-state index contributed by atoms with van der Waals surface area (Å²) in [6, 6.07) is 16.4. The Morgan fingerprint density at radius 1 is 1.12 bits per heavy atom. The SMILES string of the molecule is CC1CCN(c2ccc(-c3c(C#N)c(N)n4c(nc5ccccc54)c3C#N)cc2[N+](=O)[O-])CC1. The Labute approximate surface area is 195 Å². The zero-order chi connectivity index (χ0) is 24.0. The highest BCUT2D eigenvalue weighted by molar-refractivity contribution is 5.93. The third-order valence-corrected chi connectivity index (χ3v) is 6.59. The molecule has 0 spiro atoms. The number of anilines is 2. The van der Waals surface area contributed by atoms with Gasteiger partial charge in [-0.15, -0.1) is 0 Å². The number of para-hydroxylation sites is 2. The molecule has 0 atom stereocenters. The number of nitrogens with zero attached hydrogens (tertiary/aromatic N) is 6. The average molecular weight is 451 g/mol. The summed E-state index contributed by atoms with van der Waals surface area (Å²) in [5, 5.41) is 32.1. The van der Waals surface area contributed by atoms with Crippen molar-refractivity contribution in [1.82, 2.24) is 9.38 Å². The van der Waals surface area contributed by atoms with Crippen LogP contribution in [0, 0.1) is 38.7 Å². The van der Waals surface area contributed by atoms with E-state index in [2.05, 4.69) is 24.0 Å². The summed E-state index contributed by atoms with van der Waals surface area (Å²) < 4.78 is 1.59. The van der Waals surface area contributed by atoms with Crippen molar-refractivity contribution in [2.45, 2.75) is 19.8 Å².